The van der Waals surface area contributed by atoms with Gasteiger partial charge >= 0.3 is 0 Å². The molecule has 158 valence electrons. The molecule has 0 atom stereocenters. The summed E-state index contributed by atoms with van der Waals surface area (Å²) in [5.41, 5.74) is 1.73. The van der Waals surface area contributed by atoms with E-state index in [4.69, 9.17) is 20.8 Å². The van der Waals surface area contributed by atoms with Crippen LogP contribution >= 0.6 is 11.6 Å². The van der Waals surface area contributed by atoms with Gasteiger partial charge in [0.05, 0.1) is 6.54 Å². The second-order valence-electron chi connectivity index (χ2n) is 6.93. The van der Waals surface area contributed by atoms with Gasteiger partial charge in [-0.2, -0.15) is 5.10 Å². The molecule has 0 unspecified atom stereocenters. The van der Waals surface area contributed by atoms with E-state index in [1.54, 1.807) is 30.5 Å². The molecule has 2 aromatic heterocycles. The fourth-order valence-corrected chi connectivity index (χ4v) is 3.20. The Labute approximate surface area is 183 Å². The third-order valence-electron chi connectivity index (χ3n) is 4.53. The van der Waals surface area contributed by atoms with Crippen LogP contribution in [0.5, 0.6) is 5.75 Å². The number of carbonyl (C=O) groups is 1. The highest BCUT2D eigenvalue weighted by Crippen LogP contribution is 2.22. The van der Waals surface area contributed by atoms with Crippen LogP contribution in [-0.2, 0) is 13.2 Å². The van der Waals surface area contributed by atoms with E-state index >= 15 is 0 Å². The van der Waals surface area contributed by atoms with E-state index in [2.05, 4.69) is 10.4 Å². The maximum absolute atomic E-state index is 13.4. The summed E-state index contributed by atoms with van der Waals surface area (Å²) in [7, 11) is 0. The molecule has 0 saturated heterocycles. The lowest BCUT2D eigenvalue weighted by molar-refractivity contribution is 0.0992. The van der Waals surface area contributed by atoms with Crippen LogP contribution in [0, 0.1) is 12.7 Å². The molecule has 0 saturated carbocycles. The molecule has 0 radical (unpaired) electrons. The smallest absolute Gasteiger partial charge is 0.292 e. The maximum Gasteiger partial charge on any atom is 0.292 e. The fourth-order valence-electron chi connectivity index (χ4n) is 3.00. The first-order valence-corrected chi connectivity index (χ1v) is 9.91. The number of rotatable bonds is 7. The van der Waals surface area contributed by atoms with Crippen LogP contribution in [-0.4, -0.2) is 15.7 Å². The monoisotopic (exact) mass is 439 g/mol. The number of anilines is 1. The zero-order chi connectivity index (χ0) is 21.8. The van der Waals surface area contributed by atoms with E-state index < -0.39 is 5.91 Å². The average molecular weight is 440 g/mol. The van der Waals surface area contributed by atoms with Gasteiger partial charge in [-0.1, -0.05) is 41.9 Å². The molecule has 0 bridgehead atoms. The standard InChI is InChI=1S/C23H19ClFN3O3/c1-15-5-2-3-8-20(15)30-14-18-9-10-21(31-18)23(29)26-22-19(24)13-28(27-22)12-16-6-4-7-17(25)11-16/h2-11,13H,12,14H2,1H3,(H,26,27,29). The second kappa shape index (κ2) is 9.06. The highest BCUT2D eigenvalue weighted by atomic mass is 35.5. The Bertz CT molecular complexity index is 1220. The summed E-state index contributed by atoms with van der Waals surface area (Å²) >= 11 is 6.19. The minimum atomic E-state index is -0.486. The van der Waals surface area contributed by atoms with Crippen LogP contribution in [0.3, 0.4) is 0 Å². The number of aromatic nitrogens is 2. The van der Waals surface area contributed by atoms with Gasteiger partial charge in [0.2, 0.25) is 0 Å². The molecule has 0 spiro atoms. The molecule has 31 heavy (non-hydrogen) atoms. The molecular formula is C23H19ClFN3O3. The third kappa shape index (κ3) is 5.13. The molecule has 2 heterocycles. The maximum atomic E-state index is 13.4. The summed E-state index contributed by atoms with van der Waals surface area (Å²) in [6.45, 7) is 2.46. The van der Waals surface area contributed by atoms with Gasteiger partial charge in [0.25, 0.3) is 5.91 Å². The molecule has 0 fully saturated rings. The van der Waals surface area contributed by atoms with Crippen LogP contribution in [0.1, 0.15) is 27.4 Å². The van der Waals surface area contributed by atoms with Crippen molar-refractivity contribution in [2.45, 2.75) is 20.1 Å². The number of ether oxygens (including phenoxy) is 1. The molecule has 1 amide bonds. The molecule has 2 aromatic carbocycles. The van der Waals surface area contributed by atoms with Crippen LogP contribution in [0.25, 0.3) is 0 Å². The molecule has 4 rings (SSSR count). The third-order valence-corrected chi connectivity index (χ3v) is 4.81. The highest BCUT2D eigenvalue weighted by molar-refractivity contribution is 6.33. The predicted molar refractivity (Wildman–Crippen MR) is 115 cm³/mol. The SMILES string of the molecule is Cc1ccccc1OCc1ccc(C(=O)Nc2nn(Cc3cccc(F)c3)cc2Cl)o1. The number of hydrogen-bond acceptors (Lipinski definition) is 4. The molecule has 0 aliphatic carbocycles. The number of amides is 1. The Kier molecular flexibility index (Phi) is 6.04. The summed E-state index contributed by atoms with van der Waals surface area (Å²) in [5, 5.41) is 7.15. The van der Waals surface area contributed by atoms with Gasteiger partial charge in [0.1, 0.15) is 29.0 Å². The normalized spacial score (nSPS) is 10.8. The predicted octanol–water partition coefficient (Wildman–Crippen LogP) is 5.46. The van der Waals surface area contributed by atoms with Crippen LogP contribution in [0.4, 0.5) is 10.2 Å². The van der Waals surface area contributed by atoms with Crippen molar-refractivity contribution in [2.75, 3.05) is 5.32 Å². The van der Waals surface area contributed by atoms with Crippen molar-refractivity contribution in [1.29, 1.82) is 0 Å². The average Bonchev–Trinajstić information content (AvgIpc) is 3.34. The zero-order valence-electron chi connectivity index (χ0n) is 16.6. The number of nitrogens with one attached hydrogen (secondary N) is 1. The summed E-state index contributed by atoms with van der Waals surface area (Å²) in [6.07, 6.45) is 1.56. The van der Waals surface area contributed by atoms with Gasteiger partial charge in [-0.05, 0) is 48.4 Å². The number of nitrogens with zero attached hydrogens (tertiary/aromatic N) is 2. The molecule has 1 N–H and O–H groups in total. The molecule has 0 aliphatic heterocycles. The Morgan fingerprint density at radius 1 is 1.19 bits per heavy atom. The first-order valence-electron chi connectivity index (χ1n) is 9.54. The Balaban J connectivity index is 1.38. The van der Waals surface area contributed by atoms with Crippen molar-refractivity contribution in [3.63, 3.8) is 0 Å². The Morgan fingerprint density at radius 2 is 2.03 bits per heavy atom. The Morgan fingerprint density at radius 3 is 2.84 bits per heavy atom. The number of aryl methyl sites for hydroxylation is 1. The molecule has 4 aromatic rings. The van der Waals surface area contributed by atoms with Gasteiger partial charge in [-0.25, -0.2) is 4.39 Å². The number of para-hydroxylation sites is 1. The summed E-state index contributed by atoms with van der Waals surface area (Å²) in [4.78, 5) is 12.5. The lowest BCUT2D eigenvalue weighted by Crippen LogP contribution is -2.12. The zero-order valence-corrected chi connectivity index (χ0v) is 17.4. The molecular weight excluding hydrogens is 421 g/mol. The van der Waals surface area contributed by atoms with Gasteiger partial charge < -0.3 is 14.5 Å². The van der Waals surface area contributed by atoms with Gasteiger partial charge in [-0.15, -0.1) is 0 Å². The number of halogens is 2. The summed E-state index contributed by atoms with van der Waals surface area (Å²) < 4.78 is 26.2. The molecule has 0 aliphatic rings. The van der Waals surface area contributed by atoms with Crippen molar-refractivity contribution in [2.24, 2.45) is 0 Å². The second-order valence-corrected chi connectivity index (χ2v) is 7.33. The first kappa shape index (κ1) is 20.7. The first-order chi connectivity index (χ1) is 15.0. The number of hydrogen-bond donors (Lipinski definition) is 1. The minimum Gasteiger partial charge on any atom is -0.485 e. The quantitative estimate of drug-likeness (QED) is 0.415. The van der Waals surface area contributed by atoms with Crippen molar-refractivity contribution in [3.05, 3.63) is 100 Å². The highest BCUT2D eigenvalue weighted by Gasteiger charge is 2.16. The summed E-state index contributed by atoms with van der Waals surface area (Å²) in [5.74, 6) is 0.748. The minimum absolute atomic E-state index is 0.110. The van der Waals surface area contributed by atoms with E-state index in [9.17, 15) is 9.18 Å². The van der Waals surface area contributed by atoms with Crippen molar-refractivity contribution >= 4 is 23.3 Å². The van der Waals surface area contributed by atoms with Crippen molar-refractivity contribution < 1.29 is 18.3 Å². The van der Waals surface area contributed by atoms with E-state index in [0.717, 1.165) is 16.9 Å². The number of furan rings is 1. The van der Waals surface area contributed by atoms with Crippen LogP contribution in [0.15, 0.2) is 71.3 Å². The molecule has 8 heteroatoms. The van der Waals surface area contributed by atoms with E-state index in [-0.39, 0.29) is 29.0 Å². The largest absolute Gasteiger partial charge is 0.485 e. The fraction of sp³-hybridized carbons (Fsp3) is 0.130. The summed E-state index contributed by atoms with van der Waals surface area (Å²) in [6, 6.07) is 17.1. The van der Waals surface area contributed by atoms with Crippen LogP contribution in [0.2, 0.25) is 5.02 Å². The van der Waals surface area contributed by atoms with Crippen molar-refractivity contribution in [1.82, 2.24) is 9.78 Å². The van der Waals surface area contributed by atoms with Crippen LogP contribution < -0.4 is 10.1 Å². The lowest BCUT2D eigenvalue weighted by atomic mass is 10.2. The van der Waals surface area contributed by atoms with Gasteiger partial charge in [0, 0.05) is 6.20 Å². The van der Waals surface area contributed by atoms with E-state index in [0.29, 0.717) is 12.3 Å². The Hall–Kier alpha value is -3.58. The topological polar surface area (TPSA) is 69.3 Å². The van der Waals surface area contributed by atoms with Gasteiger partial charge in [-0.3, -0.25) is 9.48 Å². The lowest BCUT2D eigenvalue weighted by Gasteiger charge is -2.06. The van der Waals surface area contributed by atoms with Gasteiger partial charge in [0.15, 0.2) is 11.6 Å². The molecule has 6 nitrogen and oxygen atoms in total. The van der Waals surface area contributed by atoms with E-state index in [1.165, 1.54) is 16.8 Å². The van der Waals surface area contributed by atoms with E-state index in [1.807, 2.05) is 31.2 Å². The van der Waals surface area contributed by atoms with Crippen molar-refractivity contribution in [3.8, 4) is 5.75 Å². The number of benzene rings is 2. The number of carbonyl (C=O) groups excluding carboxylic acids is 1.